The van der Waals surface area contributed by atoms with E-state index in [1.165, 1.54) is 0 Å². The predicted octanol–water partition coefficient (Wildman–Crippen LogP) is 4.75. The first kappa shape index (κ1) is 18.0. The summed E-state index contributed by atoms with van der Waals surface area (Å²) in [5.74, 6) is -0.273. The van der Waals surface area contributed by atoms with Crippen LogP contribution >= 0.6 is 0 Å². The molecule has 0 atom stereocenters. The van der Waals surface area contributed by atoms with Crippen LogP contribution in [0.3, 0.4) is 0 Å². The van der Waals surface area contributed by atoms with Crippen molar-refractivity contribution in [3.63, 3.8) is 0 Å². The van der Waals surface area contributed by atoms with Crippen LogP contribution in [0.5, 0.6) is 5.88 Å². The number of rotatable bonds is 6. The Morgan fingerprint density at radius 1 is 1.21 bits per heavy atom. The zero-order valence-corrected chi connectivity index (χ0v) is 13.9. The Morgan fingerprint density at radius 3 is 2.54 bits per heavy atom. The van der Waals surface area contributed by atoms with Crippen molar-refractivity contribution < 1.29 is 17.9 Å². The van der Waals surface area contributed by atoms with Crippen LogP contribution in [0.4, 0.5) is 24.8 Å². The van der Waals surface area contributed by atoms with E-state index in [0.29, 0.717) is 6.42 Å². The average Bonchev–Trinajstić information content (AvgIpc) is 2.54. The van der Waals surface area contributed by atoms with Crippen LogP contribution in [0.2, 0.25) is 0 Å². The van der Waals surface area contributed by atoms with Crippen molar-refractivity contribution in [2.24, 2.45) is 0 Å². The van der Waals surface area contributed by atoms with Crippen LogP contribution in [-0.4, -0.2) is 23.6 Å². The van der Waals surface area contributed by atoms with Gasteiger partial charge in [-0.1, -0.05) is 31.5 Å². The molecule has 7 heteroatoms. The van der Waals surface area contributed by atoms with Gasteiger partial charge in [0.2, 0.25) is 11.8 Å². The molecule has 2 aromatic rings. The van der Waals surface area contributed by atoms with E-state index in [1.807, 2.05) is 38.1 Å². The molecule has 1 aromatic heterocycles. The van der Waals surface area contributed by atoms with Gasteiger partial charge in [0.25, 0.3) is 0 Å². The van der Waals surface area contributed by atoms with Crippen molar-refractivity contribution in [2.75, 3.05) is 18.6 Å². The van der Waals surface area contributed by atoms with Gasteiger partial charge < -0.3 is 9.64 Å². The van der Waals surface area contributed by atoms with Gasteiger partial charge in [0, 0.05) is 18.9 Å². The molecule has 0 bridgehead atoms. The number of ether oxygens (including phenoxy) is 1. The van der Waals surface area contributed by atoms with Crippen LogP contribution in [0, 0.1) is 6.92 Å². The van der Waals surface area contributed by atoms with Gasteiger partial charge in [0.1, 0.15) is 5.56 Å². The van der Waals surface area contributed by atoms with Gasteiger partial charge in [-0.25, -0.2) is 4.98 Å². The number of aryl methyl sites for hydroxylation is 1. The molecular formula is C17H20F3N3O. The first-order valence-electron chi connectivity index (χ1n) is 7.71. The minimum Gasteiger partial charge on any atom is -0.477 e. The number of para-hydroxylation sites is 1. The molecule has 1 heterocycles. The summed E-state index contributed by atoms with van der Waals surface area (Å²) < 4.78 is 44.6. The minimum absolute atomic E-state index is 0.156. The highest BCUT2D eigenvalue weighted by molar-refractivity contribution is 5.61. The lowest BCUT2D eigenvalue weighted by atomic mass is 10.2. The highest BCUT2D eigenvalue weighted by atomic mass is 19.4. The van der Waals surface area contributed by atoms with Gasteiger partial charge in [-0.2, -0.15) is 18.2 Å². The molecule has 0 spiro atoms. The quantitative estimate of drug-likeness (QED) is 0.712. The Balaban J connectivity index is 2.38. The Hall–Kier alpha value is -2.31. The zero-order chi connectivity index (χ0) is 17.7. The molecule has 0 amide bonds. The van der Waals surface area contributed by atoms with Crippen molar-refractivity contribution in [3.8, 4) is 5.88 Å². The molecule has 0 aliphatic rings. The molecule has 0 fully saturated rings. The fourth-order valence-corrected chi connectivity index (χ4v) is 2.18. The summed E-state index contributed by atoms with van der Waals surface area (Å²) in [5.41, 5.74) is 0.828. The van der Waals surface area contributed by atoms with E-state index in [-0.39, 0.29) is 12.6 Å². The number of hydrogen-bond acceptors (Lipinski definition) is 4. The second-order valence-corrected chi connectivity index (χ2v) is 5.43. The number of nitrogens with zero attached hydrogens (tertiary/aromatic N) is 3. The number of aromatic nitrogens is 2. The van der Waals surface area contributed by atoms with Crippen LogP contribution in [0.15, 0.2) is 30.5 Å². The smallest absolute Gasteiger partial charge is 0.423 e. The van der Waals surface area contributed by atoms with E-state index in [9.17, 15) is 13.2 Å². The van der Waals surface area contributed by atoms with Crippen molar-refractivity contribution >= 4 is 11.6 Å². The maximum absolute atomic E-state index is 13.1. The average molecular weight is 339 g/mol. The topological polar surface area (TPSA) is 38.2 Å². The van der Waals surface area contributed by atoms with Gasteiger partial charge >= 0.3 is 6.18 Å². The fourth-order valence-electron chi connectivity index (χ4n) is 2.18. The third kappa shape index (κ3) is 4.15. The standard InChI is InChI=1S/C17H20F3N3O/c1-4-5-10-24-15-13(17(18,19)20)11-21-16(22-15)23(3)14-9-7-6-8-12(14)2/h6-9,11H,4-5,10H2,1-3H3. The normalized spacial score (nSPS) is 11.4. The van der Waals surface area contributed by atoms with Gasteiger partial charge in [-0.3, -0.25) is 0 Å². The van der Waals surface area contributed by atoms with Crippen LogP contribution in [-0.2, 0) is 6.18 Å². The SMILES string of the molecule is CCCCOc1nc(N(C)c2ccccc2C)ncc1C(F)(F)F. The molecule has 0 saturated carbocycles. The molecule has 0 unspecified atom stereocenters. The second kappa shape index (κ2) is 7.51. The number of benzene rings is 1. The third-order valence-corrected chi connectivity index (χ3v) is 3.56. The Kier molecular flexibility index (Phi) is 5.64. The van der Waals surface area contributed by atoms with Gasteiger partial charge in [-0.15, -0.1) is 0 Å². The largest absolute Gasteiger partial charge is 0.477 e. The van der Waals surface area contributed by atoms with E-state index < -0.39 is 17.6 Å². The van der Waals surface area contributed by atoms with Crippen LogP contribution in [0.25, 0.3) is 0 Å². The maximum atomic E-state index is 13.1. The number of unbranched alkanes of at least 4 members (excludes halogenated alkanes) is 1. The summed E-state index contributed by atoms with van der Waals surface area (Å²) in [4.78, 5) is 9.51. The van der Waals surface area contributed by atoms with E-state index in [4.69, 9.17) is 4.74 Å². The maximum Gasteiger partial charge on any atom is 0.423 e. The number of halogens is 3. The first-order chi connectivity index (χ1) is 11.3. The van der Waals surface area contributed by atoms with Crippen molar-refractivity contribution in [2.45, 2.75) is 32.9 Å². The Labute approximate surface area is 139 Å². The molecule has 1 aromatic carbocycles. The van der Waals surface area contributed by atoms with Crippen LogP contribution in [0.1, 0.15) is 30.9 Å². The Bertz CT molecular complexity index is 689. The first-order valence-corrected chi connectivity index (χ1v) is 7.71. The molecule has 0 saturated heterocycles. The van der Waals surface area contributed by atoms with Gasteiger partial charge in [0.05, 0.1) is 6.61 Å². The molecule has 0 radical (unpaired) electrons. The monoisotopic (exact) mass is 339 g/mol. The summed E-state index contributed by atoms with van der Waals surface area (Å²) in [6.45, 7) is 4.03. The molecule has 0 aliphatic heterocycles. The Morgan fingerprint density at radius 2 is 1.92 bits per heavy atom. The lowest BCUT2D eigenvalue weighted by Gasteiger charge is -2.21. The summed E-state index contributed by atoms with van der Waals surface area (Å²) in [7, 11) is 1.71. The van der Waals surface area contributed by atoms with Gasteiger partial charge in [0.15, 0.2) is 0 Å². The van der Waals surface area contributed by atoms with Crippen LogP contribution < -0.4 is 9.64 Å². The summed E-state index contributed by atoms with van der Waals surface area (Å²) in [6, 6.07) is 7.50. The number of hydrogen-bond donors (Lipinski definition) is 0. The summed E-state index contributed by atoms with van der Waals surface area (Å²) in [6.07, 6.45) is -2.30. The fraction of sp³-hybridized carbons (Fsp3) is 0.412. The van der Waals surface area contributed by atoms with E-state index in [1.54, 1.807) is 11.9 Å². The molecular weight excluding hydrogens is 319 g/mol. The molecule has 0 aliphatic carbocycles. The second-order valence-electron chi connectivity index (χ2n) is 5.43. The zero-order valence-electron chi connectivity index (χ0n) is 13.9. The molecule has 4 nitrogen and oxygen atoms in total. The highest BCUT2D eigenvalue weighted by Gasteiger charge is 2.36. The van der Waals surface area contributed by atoms with Crippen molar-refractivity contribution in [3.05, 3.63) is 41.6 Å². The molecule has 0 N–H and O–H groups in total. The lowest BCUT2D eigenvalue weighted by molar-refractivity contribution is -0.139. The van der Waals surface area contributed by atoms with Crippen molar-refractivity contribution in [1.82, 2.24) is 9.97 Å². The molecule has 24 heavy (non-hydrogen) atoms. The number of anilines is 2. The van der Waals surface area contributed by atoms with Crippen molar-refractivity contribution in [1.29, 1.82) is 0 Å². The van der Waals surface area contributed by atoms with Gasteiger partial charge in [-0.05, 0) is 25.0 Å². The minimum atomic E-state index is -4.55. The van der Waals surface area contributed by atoms with E-state index >= 15 is 0 Å². The van der Waals surface area contributed by atoms with E-state index in [0.717, 1.165) is 23.9 Å². The van der Waals surface area contributed by atoms with E-state index in [2.05, 4.69) is 9.97 Å². The molecule has 130 valence electrons. The third-order valence-electron chi connectivity index (χ3n) is 3.56. The predicted molar refractivity (Wildman–Crippen MR) is 86.7 cm³/mol. The lowest BCUT2D eigenvalue weighted by Crippen LogP contribution is -2.18. The number of alkyl halides is 3. The highest BCUT2D eigenvalue weighted by Crippen LogP contribution is 2.36. The summed E-state index contributed by atoms with van der Waals surface area (Å²) in [5, 5.41) is 0. The summed E-state index contributed by atoms with van der Waals surface area (Å²) >= 11 is 0. The molecule has 2 rings (SSSR count).